The van der Waals surface area contributed by atoms with Crippen LogP contribution in [0.3, 0.4) is 0 Å². The van der Waals surface area contributed by atoms with Gasteiger partial charge in [-0.15, -0.1) is 0 Å². The molecule has 0 bridgehead atoms. The zero-order valence-corrected chi connectivity index (χ0v) is 9.97. The molecule has 0 spiro atoms. The molecule has 6 heteroatoms. The van der Waals surface area contributed by atoms with Gasteiger partial charge in [0.2, 0.25) is 10.0 Å². The van der Waals surface area contributed by atoms with Gasteiger partial charge in [0, 0.05) is 12.1 Å². The lowest BCUT2D eigenvalue weighted by Gasteiger charge is -2.07. The van der Waals surface area contributed by atoms with Crippen LogP contribution in [-0.4, -0.2) is 20.9 Å². The first-order chi connectivity index (χ1) is 7.36. The highest BCUT2D eigenvalue weighted by Gasteiger charge is 2.12. The number of amides is 1. The minimum absolute atomic E-state index is 0.0121. The Bertz CT molecular complexity index is 509. The summed E-state index contributed by atoms with van der Waals surface area (Å²) in [7, 11) is -3.71. The third-order valence-electron chi connectivity index (χ3n) is 2.11. The van der Waals surface area contributed by atoms with Gasteiger partial charge in [-0.2, -0.15) is 0 Å². The summed E-state index contributed by atoms with van der Waals surface area (Å²) in [5.74, 6) is -0.221. The van der Waals surface area contributed by atoms with Gasteiger partial charge in [-0.05, 0) is 37.6 Å². The van der Waals surface area contributed by atoms with E-state index in [0.717, 1.165) is 0 Å². The molecule has 0 aliphatic carbocycles. The number of carbonyl (C=O) groups excluding carboxylic acids is 1. The maximum absolute atomic E-state index is 11.5. The van der Waals surface area contributed by atoms with Crippen LogP contribution in [0.4, 0.5) is 0 Å². The number of sulfonamides is 1. The summed E-state index contributed by atoms with van der Waals surface area (Å²) in [6.07, 6.45) is 0. The Labute approximate surface area is 94.7 Å². The standard InChI is InChI=1S/C10H14N2O3S/c1-3-12-10(13)9-5-4-8(6-7(9)2)16(11,14)15/h4-6H,3H2,1-2H3,(H,12,13)(H2,11,14,15). The first kappa shape index (κ1) is 12.7. The van der Waals surface area contributed by atoms with Gasteiger partial charge in [0.15, 0.2) is 0 Å². The van der Waals surface area contributed by atoms with Crippen LogP contribution in [0.5, 0.6) is 0 Å². The number of benzene rings is 1. The lowest BCUT2D eigenvalue weighted by Crippen LogP contribution is -2.23. The average molecular weight is 242 g/mol. The van der Waals surface area contributed by atoms with Crippen LogP contribution in [0.25, 0.3) is 0 Å². The summed E-state index contributed by atoms with van der Waals surface area (Å²) in [4.78, 5) is 11.5. The molecule has 0 atom stereocenters. The summed E-state index contributed by atoms with van der Waals surface area (Å²) in [6.45, 7) is 4.00. The summed E-state index contributed by atoms with van der Waals surface area (Å²) in [5.41, 5.74) is 1.03. The zero-order chi connectivity index (χ0) is 12.3. The van der Waals surface area contributed by atoms with Gasteiger partial charge in [-0.25, -0.2) is 13.6 Å². The fourth-order valence-corrected chi connectivity index (χ4v) is 1.92. The number of nitrogens with one attached hydrogen (secondary N) is 1. The number of primary sulfonamides is 1. The first-order valence-electron chi connectivity index (χ1n) is 4.78. The third-order valence-corrected chi connectivity index (χ3v) is 3.02. The Morgan fingerprint density at radius 1 is 1.44 bits per heavy atom. The molecule has 0 radical (unpaired) electrons. The highest BCUT2D eigenvalue weighted by atomic mass is 32.2. The Morgan fingerprint density at radius 2 is 2.06 bits per heavy atom. The highest BCUT2D eigenvalue weighted by molar-refractivity contribution is 7.89. The molecule has 0 unspecified atom stereocenters. The molecule has 0 aromatic heterocycles. The van der Waals surface area contributed by atoms with E-state index in [1.54, 1.807) is 6.92 Å². The largest absolute Gasteiger partial charge is 0.352 e. The van der Waals surface area contributed by atoms with E-state index in [1.165, 1.54) is 18.2 Å². The van der Waals surface area contributed by atoms with E-state index in [4.69, 9.17) is 5.14 Å². The van der Waals surface area contributed by atoms with Crippen LogP contribution >= 0.6 is 0 Å². The van der Waals surface area contributed by atoms with Gasteiger partial charge >= 0.3 is 0 Å². The van der Waals surface area contributed by atoms with Gasteiger partial charge in [0.05, 0.1) is 4.90 Å². The molecule has 88 valence electrons. The van der Waals surface area contributed by atoms with Gasteiger partial charge in [-0.3, -0.25) is 4.79 Å². The summed E-state index contributed by atoms with van der Waals surface area (Å²) < 4.78 is 22.1. The maximum Gasteiger partial charge on any atom is 0.251 e. The minimum Gasteiger partial charge on any atom is -0.352 e. The topological polar surface area (TPSA) is 89.3 Å². The molecule has 0 saturated heterocycles. The molecule has 16 heavy (non-hydrogen) atoms. The molecule has 0 aliphatic heterocycles. The molecule has 0 heterocycles. The Morgan fingerprint density at radius 3 is 2.50 bits per heavy atom. The van der Waals surface area contributed by atoms with E-state index >= 15 is 0 Å². The minimum atomic E-state index is -3.71. The number of carbonyl (C=O) groups is 1. The predicted octanol–water partition coefficient (Wildman–Crippen LogP) is 0.392. The molecule has 5 nitrogen and oxygen atoms in total. The van der Waals surface area contributed by atoms with Crippen LogP contribution in [0.1, 0.15) is 22.8 Å². The van der Waals surface area contributed by atoms with Crippen molar-refractivity contribution in [3.05, 3.63) is 29.3 Å². The predicted molar refractivity (Wildman–Crippen MR) is 60.6 cm³/mol. The number of rotatable bonds is 3. The van der Waals surface area contributed by atoms with Gasteiger partial charge < -0.3 is 5.32 Å². The molecule has 0 fully saturated rings. The van der Waals surface area contributed by atoms with Crippen LogP contribution < -0.4 is 10.5 Å². The molecule has 0 saturated carbocycles. The monoisotopic (exact) mass is 242 g/mol. The van der Waals surface area contributed by atoms with Crippen molar-refractivity contribution in [1.29, 1.82) is 0 Å². The number of nitrogens with two attached hydrogens (primary N) is 1. The van der Waals surface area contributed by atoms with Gasteiger partial charge in [0.1, 0.15) is 0 Å². The lowest BCUT2D eigenvalue weighted by atomic mass is 10.1. The van der Waals surface area contributed by atoms with Crippen molar-refractivity contribution in [3.8, 4) is 0 Å². The van der Waals surface area contributed by atoms with E-state index in [-0.39, 0.29) is 10.8 Å². The van der Waals surface area contributed by atoms with E-state index < -0.39 is 10.0 Å². The normalized spacial score (nSPS) is 11.2. The number of aryl methyl sites for hydroxylation is 1. The molecule has 1 amide bonds. The average Bonchev–Trinajstić information content (AvgIpc) is 2.16. The van der Waals surface area contributed by atoms with E-state index in [9.17, 15) is 13.2 Å². The Balaban J connectivity index is 3.15. The smallest absolute Gasteiger partial charge is 0.251 e. The number of hydrogen-bond donors (Lipinski definition) is 2. The van der Waals surface area contributed by atoms with Crippen LogP contribution in [0, 0.1) is 6.92 Å². The van der Waals surface area contributed by atoms with Crippen LogP contribution in [-0.2, 0) is 10.0 Å². The summed E-state index contributed by atoms with van der Waals surface area (Å²) in [6, 6.07) is 4.17. The van der Waals surface area contributed by atoms with Crippen molar-refractivity contribution in [3.63, 3.8) is 0 Å². The second kappa shape index (κ2) is 4.63. The van der Waals surface area contributed by atoms with Crippen molar-refractivity contribution in [2.45, 2.75) is 18.7 Å². The summed E-state index contributed by atoms with van der Waals surface area (Å²) >= 11 is 0. The van der Waals surface area contributed by atoms with E-state index in [2.05, 4.69) is 5.32 Å². The van der Waals surface area contributed by atoms with Crippen molar-refractivity contribution >= 4 is 15.9 Å². The molecular formula is C10H14N2O3S. The molecule has 1 aromatic carbocycles. The quantitative estimate of drug-likeness (QED) is 0.803. The summed E-state index contributed by atoms with van der Waals surface area (Å²) in [5, 5.41) is 7.62. The fraction of sp³-hybridized carbons (Fsp3) is 0.300. The zero-order valence-electron chi connectivity index (χ0n) is 9.15. The van der Waals surface area contributed by atoms with E-state index in [0.29, 0.717) is 17.7 Å². The fourth-order valence-electron chi connectivity index (χ4n) is 1.32. The van der Waals surface area contributed by atoms with E-state index in [1.807, 2.05) is 6.92 Å². The maximum atomic E-state index is 11.5. The van der Waals surface area contributed by atoms with Gasteiger partial charge in [-0.1, -0.05) is 0 Å². The highest BCUT2D eigenvalue weighted by Crippen LogP contribution is 2.14. The Kier molecular flexibility index (Phi) is 3.66. The second-order valence-electron chi connectivity index (χ2n) is 3.38. The van der Waals surface area contributed by atoms with Gasteiger partial charge in [0.25, 0.3) is 5.91 Å². The molecule has 3 N–H and O–H groups in total. The lowest BCUT2D eigenvalue weighted by molar-refractivity contribution is 0.0955. The molecular weight excluding hydrogens is 228 g/mol. The van der Waals surface area contributed by atoms with Crippen molar-refractivity contribution in [2.24, 2.45) is 5.14 Å². The Hall–Kier alpha value is -1.40. The van der Waals surface area contributed by atoms with Crippen LogP contribution in [0.2, 0.25) is 0 Å². The number of hydrogen-bond acceptors (Lipinski definition) is 3. The van der Waals surface area contributed by atoms with Crippen molar-refractivity contribution in [1.82, 2.24) is 5.32 Å². The first-order valence-corrected chi connectivity index (χ1v) is 6.32. The molecule has 0 aliphatic rings. The second-order valence-corrected chi connectivity index (χ2v) is 4.94. The van der Waals surface area contributed by atoms with Crippen molar-refractivity contribution < 1.29 is 13.2 Å². The van der Waals surface area contributed by atoms with Crippen LogP contribution in [0.15, 0.2) is 23.1 Å². The SMILES string of the molecule is CCNC(=O)c1ccc(S(N)(=O)=O)cc1C. The molecule has 1 aromatic rings. The molecule has 1 rings (SSSR count). The van der Waals surface area contributed by atoms with Crippen molar-refractivity contribution in [2.75, 3.05) is 6.54 Å². The third kappa shape index (κ3) is 2.80.